The first-order chi connectivity index (χ1) is 9.63. The monoisotopic (exact) mass is 307 g/mol. The van der Waals surface area contributed by atoms with Gasteiger partial charge in [-0.25, -0.2) is 9.97 Å². The average molecular weight is 308 g/mol. The molecule has 1 N–H and O–H groups in total. The lowest BCUT2D eigenvalue weighted by Crippen LogP contribution is -2.14. The minimum atomic E-state index is -0.811. The highest BCUT2D eigenvalue weighted by atomic mass is 35.5. The first kappa shape index (κ1) is 13.0. The summed E-state index contributed by atoms with van der Waals surface area (Å²) in [5.74, 6) is -1.39. The van der Waals surface area contributed by atoms with Gasteiger partial charge in [0.1, 0.15) is 0 Å². The number of halogens is 2. The van der Waals surface area contributed by atoms with Gasteiger partial charge in [-0.3, -0.25) is 10.1 Å². The van der Waals surface area contributed by atoms with E-state index in [4.69, 9.17) is 11.6 Å². The molecule has 0 saturated heterocycles. The van der Waals surface area contributed by atoms with Crippen molar-refractivity contribution >= 4 is 44.2 Å². The summed E-state index contributed by atoms with van der Waals surface area (Å²) in [5.41, 5.74) is 0.603. The number of benzene rings is 1. The summed E-state index contributed by atoms with van der Waals surface area (Å²) in [4.78, 5) is 19.6. The lowest BCUT2D eigenvalue weighted by atomic mass is 10.2. The highest BCUT2D eigenvalue weighted by Gasteiger charge is 2.14. The number of aromatic nitrogens is 2. The van der Waals surface area contributed by atoms with Gasteiger partial charge in [0.15, 0.2) is 5.13 Å². The van der Waals surface area contributed by atoms with Gasteiger partial charge < -0.3 is 0 Å². The van der Waals surface area contributed by atoms with Gasteiger partial charge in [0, 0.05) is 11.2 Å². The normalized spacial score (nSPS) is 10.7. The topological polar surface area (TPSA) is 54.9 Å². The molecule has 4 nitrogen and oxygen atoms in total. The number of fused-ring (bicyclic) bond motifs is 1. The Balaban J connectivity index is 1.89. The number of thiazole rings is 1. The number of hydrogen-bond acceptors (Lipinski definition) is 4. The fraction of sp³-hybridized carbons (Fsp3) is 0. The van der Waals surface area contributed by atoms with E-state index < -0.39 is 11.9 Å². The van der Waals surface area contributed by atoms with E-state index in [0.29, 0.717) is 10.2 Å². The molecule has 0 atom stereocenters. The molecule has 7 heteroatoms. The van der Waals surface area contributed by atoms with Crippen molar-refractivity contribution in [3.05, 3.63) is 53.1 Å². The van der Waals surface area contributed by atoms with Crippen molar-refractivity contribution in [3.63, 3.8) is 0 Å². The van der Waals surface area contributed by atoms with Gasteiger partial charge >= 0.3 is 0 Å². The second-order valence-electron chi connectivity index (χ2n) is 3.93. The molecular formula is C13H7ClFN3OS. The van der Waals surface area contributed by atoms with E-state index in [1.807, 2.05) is 0 Å². The van der Waals surface area contributed by atoms with Crippen LogP contribution in [0.5, 0.6) is 0 Å². The third kappa shape index (κ3) is 2.48. The van der Waals surface area contributed by atoms with Crippen LogP contribution in [-0.4, -0.2) is 15.9 Å². The summed E-state index contributed by atoms with van der Waals surface area (Å²) >= 11 is 7.15. The van der Waals surface area contributed by atoms with Gasteiger partial charge in [-0.1, -0.05) is 22.9 Å². The van der Waals surface area contributed by atoms with Crippen LogP contribution < -0.4 is 5.32 Å². The zero-order chi connectivity index (χ0) is 14.1. The van der Waals surface area contributed by atoms with Crippen LogP contribution in [0.2, 0.25) is 5.02 Å². The van der Waals surface area contributed by atoms with Crippen molar-refractivity contribution in [2.45, 2.75) is 0 Å². The van der Waals surface area contributed by atoms with E-state index in [2.05, 4.69) is 15.3 Å². The number of nitrogens with zero attached hydrogens (tertiary/aromatic N) is 2. The number of amides is 1. The Morgan fingerprint density at radius 3 is 3.00 bits per heavy atom. The molecule has 20 heavy (non-hydrogen) atoms. The van der Waals surface area contributed by atoms with Crippen LogP contribution in [0.1, 0.15) is 10.4 Å². The molecule has 0 aliphatic carbocycles. The Labute approximate surface area is 122 Å². The van der Waals surface area contributed by atoms with Crippen molar-refractivity contribution in [1.82, 2.24) is 9.97 Å². The molecule has 100 valence electrons. The quantitative estimate of drug-likeness (QED) is 0.734. The molecule has 0 aliphatic heterocycles. The van der Waals surface area contributed by atoms with Gasteiger partial charge in [-0.2, -0.15) is 4.39 Å². The molecule has 0 fully saturated rings. The molecule has 1 aromatic carbocycles. The predicted molar refractivity (Wildman–Crippen MR) is 76.8 cm³/mol. The molecule has 3 aromatic rings. The molecule has 0 radical (unpaired) electrons. The summed E-state index contributed by atoms with van der Waals surface area (Å²) in [7, 11) is 0. The number of nitrogens with one attached hydrogen (secondary N) is 1. The molecule has 0 spiro atoms. The summed E-state index contributed by atoms with van der Waals surface area (Å²) in [6, 6.07) is 8.09. The van der Waals surface area contributed by atoms with Crippen LogP contribution in [0.3, 0.4) is 0 Å². The second kappa shape index (κ2) is 5.15. The van der Waals surface area contributed by atoms with Crippen molar-refractivity contribution in [3.8, 4) is 0 Å². The van der Waals surface area contributed by atoms with Crippen molar-refractivity contribution in [1.29, 1.82) is 0 Å². The number of anilines is 1. The minimum absolute atomic E-state index is 0.121. The van der Waals surface area contributed by atoms with E-state index in [-0.39, 0.29) is 5.56 Å². The third-order valence-corrected chi connectivity index (χ3v) is 3.74. The van der Waals surface area contributed by atoms with Crippen molar-refractivity contribution < 1.29 is 9.18 Å². The number of rotatable bonds is 2. The molecular weight excluding hydrogens is 301 g/mol. The summed E-state index contributed by atoms with van der Waals surface area (Å²) in [6.45, 7) is 0. The van der Waals surface area contributed by atoms with Crippen LogP contribution in [0, 0.1) is 5.95 Å². The van der Waals surface area contributed by atoms with Gasteiger partial charge in [0.05, 0.1) is 15.8 Å². The number of hydrogen-bond donors (Lipinski definition) is 1. The fourth-order valence-electron chi connectivity index (χ4n) is 1.67. The standard InChI is InChI=1S/C13H7ClFN3OS/c14-7-3-4-9-10(6-7)20-13(17-9)18-12(19)8-2-1-5-16-11(8)15/h1-6H,(H,17,18,19). The summed E-state index contributed by atoms with van der Waals surface area (Å²) in [5, 5.41) is 3.53. The summed E-state index contributed by atoms with van der Waals surface area (Å²) in [6.07, 6.45) is 1.28. The predicted octanol–water partition coefficient (Wildman–Crippen LogP) is 3.74. The van der Waals surface area contributed by atoms with Gasteiger partial charge in [-0.15, -0.1) is 0 Å². The number of carbonyl (C=O) groups excluding carboxylic acids is 1. The smallest absolute Gasteiger partial charge is 0.262 e. The van der Waals surface area contributed by atoms with Gasteiger partial charge in [0.2, 0.25) is 5.95 Å². The van der Waals surface area contributed by atoms with Crippen molar-refractivity contribution in [2.75, 3.05) is 5.32 Å². The molecule has 0 saturated carbocycles. The number of carbonyl (C=O) groups is 1. The molecule has 0 unspecified atom stereocenters. The first-order valence-corrected chi connectivity index (χ1v) is 6.81. The maximum atomic E-state index is 13.4. The Morgan fingerprint density at radius 1 is 1.35 bits per heavy atom. The van der Waals surface area contributed by atoms with E-state index in [9.17, 15) is 9.18 Å². The fourth-order valence-corrected chi connectivity index (χ4v) is 2.81. The zero-order valence-electron chi connectivity index (χ0n) is 9.93. The second-order valence-corrected chi connectivity index (χ2v) is 5.39. The largest absolute Gasteiger partial charge is 0.298 e. The molecule has 1 amide bonds. The van der Waals surface area contributed by atoms with E-state index in [1.165, 1.54) is 29.7 Å². The van der Waals surface area contributed by atoms with Gasteiger partial charge in [-0.05, 0) is 30.3 Å². The molecule has 0 aliphatic rings. The Hall–Kier alpha value is -2.05. The van der Waals surface area contributed by atoms with E-state index in [1.54, 1.807) is 18.2 Å². The average Bonchev–Trinajstić information content (AvgIpc) is 2.80. The molecule has 2 aromatic heterocycles. The Morgan fingerprint density at radius 2 is 2.20 bits per heavy atom. The third-order valence-electron chi connectivity index (χ3n) is 2.57. The van der Waals surface area contributed by atoms with Crippen LogP contribution >= 0.6 is 22.9 Å². The SMILES string of the molecule is O=C(Nc1nc2ccc(Cl)cc2s1)c1cccnc1F. The zero-order valence-corrected chi connectivity index (χ0v) is 11.5. The highest BCUT2D eigenvalue weighted by molar-refractivity contribution is 7.22. The lowest BCUT2D eigenvalue weighted by molar-refractivity contribution is 0.102. The Kier molecular flexibility index (Phi) is 3.33. The number of pyridine rings is 1. The lowest BCUT2D eigenvalue weighted by Gasteiger charge is -2.01. The molecule has 0 bridgehead atoms. The Bertz CT molecular complexity index is 805. The van der Waals surface area contributed by atoms with Crippen LogP contribution in [0.25, 0.3) is 10.2 Å². The minimum Gasteiger partial charge on any atom is -0.298 e. The van der Waals surface area contributed by atoms with Gasteiger partial charge in [0.25, 0.3) is 5.91 Å². The first-order valence-electron chi connectivity index (χ1n) is 5.61. The molecule has 2 heterocycles. The van der Waals surface area contributed by atoms with Crippen LogP contribution in [-0.2, 0) is 0 Å². The molecule has 3 rings (SSSR count). The van der Waals surface area contributed by atoms with E-state index in [0.717, 1.165) is 10.2 Å². The maximum absolute atomic E-state index is 13.4. The van der Waals surface area contributed by atoms with Crippen LogP contribution in [0.15, 0.2) is 36.5 Å². The van der Waals surface area contributed by atoms with Crippen LogP contribution in [0.4, 0.5) is 9.52 Å². The highest BCUT2D eigenvalue weighted by Crippen LogP contribution is 2.28. The maximum Gasteiger partial charge on any atom is 0.262 e. The summed E-state index contributed by atoms with van der Waals surface area (Å²) < 4.78 is 14.2. The van der Waals surface area contributed by atoms with Crippen molar-refractivity contribution in [2.24, 2.45) is 0 Å². The van der Waals surface area contributed by atoms with E-state index >= 15 is 0 Å².